The van der Waals surface area contributed by atoms with Crippen molar-refractivity contribution in [3.63, 3.8) is 0 Å². The number of aromatic nitrogens is 1. The van der Waals surface area contributed by atoms with Crippen molar-refractivity contribution in [3.05, 3.63) is 40.2 Å². The molecule has 2 rings (SSSR count). The number of pyridine rings is 1. The molecule has 1 aromatic heterocycles. The zero-order valence-corrected chi connectivity index (χ0v) is 16.1. The highest BCUT2D eigenvalue weighted by molar-refractivity contribution is 7.80. The van der Waals surface area contributed by atoms with E-state index >= 15 is 0 Å². The molecular formula is C18H27N4O2S+. The van der Waals surface area contributed by atoms with E-state index in [0.717, 1.165) is 36.2 Å². The summed E-state index contributed by atoms with van der Waals surface area (Å²) < 4.78 is 5.21. The first-order valence-corrected chi connectivity index (χ1v) is 8.81. The number of ether oxygens (including phenoxy) is 1. The lowest BCUT2D eigenvalue weighted by Crippen LogP contribution is -3.05. The quantitative estimate of drug-likeness (QED) is 0.621. The molecule has 0 bridgehead atoms. The van der Waals surface area contributed by atoms with Crippen molar-refractivity contribution in [1.82, 2.24) is 15.2 Å². The van der Waals surface area contributed by atoms with Crippen molar-refractivity contribution in [2.45, 2.75) is 13.0 Å². The number of H-pyrrole nitrogens is 1. The number of methoxy groups -OCH3 is 1. The van der Waals surface area contributed by atoms with E-state index in [0.29, 0.717) is 17.2 Å². The molecule has 3 N–H and O–H groups in total. The third kappa shape index (κ3) is 5.17. The van der Waals surface area contributed by atoms with E-state index in [9.17, 15) is 4.79 Å². The van der Waals surface area contributed by atoms with Crippen LogP contribution < -0.4 is 20.5 Å². The van der Waals surface area contributed by atoms with Gasteiger partial charge in [0.05, 0.1) is 39.8 Å². The normalized spacial score (nSPS) is 10.9. The predicted molar refractivity (Wildman–Crippen MR) is 105 cm³/mol. The van der Waals surface area contributed by atoms with E-state index in [2.05, 4.69) is 24.4 Å². The van der Waals surface area contributed by atoms with E-state index in [1.807, 2.05) is 36.2 Å². The summed E-state index contributed by atoms with van der Waals surface area (Å²) in [6.45, 7) is 2.35. The van der Waals surface area contributed by atoms with E-state index in [-0.39, 0.29) is 5.56 Å². The molecule has 0 aliphatic carbocycles. The van der Waals surface area contributed by atoms with Crippen LogP contribution in [0.5, 0.6) is 5.75 Å². The first kappa shape index (κ1) is 19.2. The lowest BCUT2D eigenvalue weighted by molar-refractivity contribution is -0.858. The number of nitrogens with one attached hydrogen (secondary N) is 3. The minimum absolute atomic E-state index is 0.0945. The number of benzene rings is 1. The molecule has 6 nitrogen and oxygen atoms in total. The van der Waals surface area contributed by atoms with Crippen molar-refractivity contribution in [1.29, 1.82) is 0 Å². The number of hydrogen-bond donors (Lipinski definition) is 3. The largest absolute Gasteiger partial charge is 0.497 e. The van der Waals surface area contributed by atoms with Gasteiger partial charge in [-0.2, -0.15) is 0 Å². The van der Waals surface area contributed by atoms with Gasteiger partial charge in [0.1, 0.15) is 5.75 Å². The third-order valence-electron chi connectivity index (χ3n) is 4.10. The topological polar surface area (TPSA) is 61.8 Å². The Hall–Kier alpha value is -2.12. The Morgan fingerprint density at radius 2 is 2.12 bits per heavy atom. The maximum Gasteiger partial charge on any atom is 0.253 e. The minimum Gasteiger partial charge on any atom is -0.497 e. The number of nitrogens with zero attached hydrogens (tertiary/aromatic N) is 1. The Bertz CT molecular complexity index is 788. The Kier molecular flexibility index (Phi) is 6.78. The van der Waals surface area contributed by atoms with Crippen LogP contribution in [0.2, 0.25) is 0 Å². The summed E-state index contributed by atoms with van der Waals surface area (Å²) in [7, 11) is 7.68. The lowest BCUT2D eigenvalue weighted by Gasteiger charge is -2.25. The number of fused-ring (bicyclic) bond motifs is 1. The predicted octanol–water partition coefficient (Wildman–Crippen LogP) is 0.378. The molecule has 0 saturated carbocycles. The minimum atomic E-state index is -0.0945. The lowest BCUT2D eigenvalue weighted by atomic mass is 10.1. The third-order valence-corrected chi connectivity index (χ3v) is 4.56. The van der Waals surface area contributed by atoms with Crippen LogP contribution in [0.15, 0.2) is 29.1 Å². The van der Waals surface area contributed by atoms with Gasteiger partial charge in [-0.15, -0.1) is 0 Å². The summed E-state index contributed by atoms with van der Waals surface area (Å²) in [5, 5.41) is 4.65. The molecule has 136 valence electrons. The molecule has 1 heterocycles. The van der Waals surface area contributed by atoms with Gasteiger partial charge in [-0.25, -0.2) is 0 Å². The molecule has 0 aliphatic heterocycles. The molecule has 0 radical (unpaired) electrons. The Morgan fingerprint density at radius 1 is 1.36 bits per heavy atom. The van der Waals surface area contributed by atoms with Crippen LogP contribution in [0.3, 0.4) is 0 Å². The van der Waals surface area contributed by atoms with Crippen molar-refractivity contribution in [3.8, 4) is 5.75 Å². The van der Waals surface area contributed by atoms with Gasteiger partial charge in [-0.05, 0) is 35.8 Å². The fourth-order valence-corrected chi connectivity index (χ4v) is 2.87. The van der Waals surface area contributed by atoms with Crippen LogP contribution in [0, 0.1) is 0 Å². The van der Waals surface area contributed by atoms with Crippen LogP contribution in [-0.4, -0.2) is 56.3 Å². The number of rotatable bonds is 7. The first-order valence-electron chi connectivity index (χ1n) is 8.40. The summed E-state index contributed by atoms with van der Waals surface area (Å²) in [5.41, 5.74) is 1.38. The summed E-state index contributed by atoms with van der Waals surface area (Å²) in [5.74, 6) is 0.722. The Labute approximate surface area is 153 Å². The molecule has 0 amide bonds. The van der Waals surface area contributed by atoms with Crippen molar-refractivity contribution in [2.75, 3.05) is 41.3 Å². The fourth-order valence-electron chi connectivity index (χ4n) is 2.71. The highest BCUT2D eigenvalue weighted by atomic mass is 32.1. The highest BCUT2D eigenvalue weighted by Crippen LogP contribution is 2.19. The number of quaternary nitrogens is 1. The van der Waals surface area contributed by atoms with Crippen LogP contribution >= 0.6 is 12.2 Å². The van der Waals surface area contributed by atoms with E-state index in [4.69, 9.17) is 17.0 Å². The number of hydrogen-bond acceptors (Lipinski definition) is 3. The zero-order valence-electron chi connectivity index (χ0n) is 15.3. The summed E-state index contributed by atoms with van der Waals surface area (Å²) >= 11 is 5.41. The van der Waals surface area contributed by atoms with Gasteiger partial charge in [-0.3, -0.25) is 4.79 Å². The Balaban J connectivity index is 2.23. The number of thiocarbonyl (C=S) groups is 1. The van der Waals surface area contributed by atoms with Crippen LogP contribution in [0.1, 0.15) is 12.0 Å². The highest BCUT2D eigenvalue weighted by Gasteiger charge is 2.13. The molecule has 0 aliphatic rings. The van der Waals surface area contributed by atoms with Crippen LogP contribution in [0.25, 0.3) is 10.9 Å². The summed E-state index contributed by atoms with van der Waals surface area (Å²) in [6.07, 6.45) is 1.01. The second-order valence-electron chi connectivity index (χ2n) is 6.36. The molecule has 0 saturated heterocycles. The molecule has 1 aromatic carbocycles. The smallest absolute Gasteiger partial charge is 0.253 e. The van der Waals surface area contributed by atoms with Crippen molar-refractivity contribution < 1.29 is 9.64 Å². The first-order chi connectivity index (χ1) is 11.9. The molecule has 0 spiro atoms. The maximum absolute atomic E-state index is 12.5. The van der Waals surface area contributed by atoms with Crippen LogP contribution in [0.4, 0.5) is 0 Å². The van der Waals surface area contributed by atoms with E-state index in [1.54, 1.807) is 7.11 Å². The maximum atomic E-state index is 12.5. The molecule has 2 aromatic rings. The average molecular weight is 364 g/mol. The van der Waals surface area contributed by atoms with Gasteiger partial charge < -0.3 is 24.8 Å². The molecular weight excluding hydrogens is 336 g/mol. The number of aromatic amines is 1. The standard InChI is InChI=1S/C18H26N4O2S/c1-19-18(25)22(9-5-8-21(2)3)12-14-10-13-6-7-15(24-4)11-16(13)20-17(14)23/h6-7,10-11H,5,8-9,12H2,1-4H3,(H,19,25)(H,20,23)/p+1. The van der Waals surface area contributed by atoms with Gasteiger partial charge in [0.2, 0.25) is 0 Å². The SMILES string of the molecule is CNC(=S)N(CCC[NH+](C)C)Cc1cc2ccc(OC)cc2[nH]c1=O. The van der Waals surface area contributed by atoms with Gasteiger partial charge in [0.15, 0.2) is 5.11 Å². The second-order valence-corrected chi connectivity index (χ2v) is 6.75. The van der Waals surface area contributed by atoms with Gasteiger partial charge in [0, 0.05) is 31.6 Å². The van der Waals surface area contributed by atoms with Crippen molar-refractivity contribution in [2.24, 2.45) is 0 Å². The molecule has 0 unspecified atom stereocenters. The average Bonchev–Trinajstić information content (AvgIpc) is 2.59. The Morgan fingerprint density at radius 3 is 2.76 bits per heavy atom. The molecule has 7 heteroatoms. The van der Waals surface area contributed by atoms with Gasteiger partial charge in [-0.1, -0.05) is 0 Å². The summed E-state index contributed by atoms with van der Waals surface area (Å²) in [4.78, 5) is 18.8. The van der Waals surface area contributed by atoms with Gasteiger partial charge >= 0.3 is 0 Å². The van der Waals surface area contributed by atoms with Gasteiger partial charge in [0.25, 0.3) is 5.56 Å². The summed E-state index contributed by atoms with van der Waals surface area (Å²) in [6, 6.07) is 7.59. The van der Waals surface area contributed by atoms with Crippen molar-refractivity contribution >= 4 is 28.2 Å². The molecule has 0 atom stereocenters. The monoisotopic (exact) mass is 363 g/mol. The van der Waals surface area contributed by atoms with E-state index in [1.165, 1.54) is 4.90 Å². The second kappa shape index (κ2) is 8.82. The van der Waals surface area contributed by atoms with E-state index < -0.39 is 0 Å². The fraction of sp³-hybridized carbons (Fsp3) is 0.444. The van der Waals surface area contributed by atoms with Crippen LogP contribution in [-0.2, 0) is 6.54 Å². The molecule has 0 fully saturated rings. The molecule has 25 heavy (non-hydrogen) atoms. The zero-order chi connectivity index (χ0) is 18.4.